The highest BCUT2D eigenvalue weighted by Crippen LogP contribution is 2.40. The van der Waals surface area contributed by atoms with Crippen molar-refractivity contribution < 1.29 is 0 Å². The maximum Gasteiger partial charge on any atom is 0.0527 e. The lowest BCUT2D eigenvalue weighted by atomic mass is 9.99. The Morgan fingerprint density at radius 3 is 2.42 bits per heavy atom. The number of rotatable bonds is 5. The number of aromatic nitrogens is 1. The molecule has 0 unspecified atom stereocenters. The van der Waals surface area contributed by atoms with Crippen LogP contribution >= 0.6 is 34.8 Å². The third-order valence-corrected chi connectivity index (χ3v) is 5.12. The van der Waals surface area contributed by atoms with E-state index in [0.717, 1.165) is 52.0 Å². The lowest BCUT2D eigenvalue weighted by molar-refractivity contribution is 0.748. The highest BCUT2D eigenvalue weighted by atomic mass is 35.5. The smallest absolute Gasteiger partial charge is 0.0527 e. The first kappa shape index (κ1) is 17.6. The molecule has 0 saturated heterocycles. The van der Waals surface area contributed by atoms with Gasteiger partial charge in [-0.2, -0.15) is 0 Å². The number of unbranched alkanes of at least 4 members (excludes halogenated alkanes) is 1. The number of hydrogen-bond donors (Lipinski definition) is 2. The fourth-order valence-electron chi connectivity index (χ4n) is 3.14. The number of hydrogen-bond acceptors (Lipinski definition) is 1. The summed E-state index contributed by atoms with van der Waals surface area (Å²) in [6.45, 7) is 2.73. The van der Waals surface area contributed by atoms with Gasteiger partial charge in [-0.1, -0.05) is 40.9 Å². The van der Waals surface area contributed by atoms with Crippen molar-refractivity contribution in [2.24, 2.45) is 5.73 Å². The van der Waals surface area contributed by atoms with Gasteiger partial charge in [0.15, 0.2) is 0 Å². The monoisotopic (exact) mass is 380 g/mol. The SMILES string of the molecule is Cc1cc(Cl)cc2c(CCCCN)c(-c3c(Cl)cccc3Cl)[nH]c12. The van der Waals surface area contributed by atoms with Crippen molar-refractivity contribution in [1.29, 1.82) is 0 Å². The van der Waals surface area contributed by atoms with Gasteiger partial charge in [-0.15, -0.1) is 0 Å². The van der Waals surface area contributed by atoms with Crippen LogP contribution in [0.3, 0.4) is 0 Å². The quantitative estimate of drug-likeness (QED) is 0.494. The van der Waals surface area contributed by atoms with Crippen LogP contribution in [0.4, 0.5) is 0 Å². The van der Waals surface area contributed by atoms with E-state index in [1.807, 2.05) is 37.3 Å². The van der Waals surface area contributed by atoms with Crippen molar-refractivity contribution in [3.63, 3.8) is 0 Å². The molecule has 0 bridgehead atoms. The van der Waals surface area contributed by atoms with E-state index in [1.165, 1.54) is 5.56 Å². The maximum absolute atomic E-state index is 6.45. The largest absolute Gasteiger partial charge is 0.354 e. The van der Waals surface area contributed by atoms with Crippen LogP contribution in [0.1, 0.15) is 24.0 Å². The molecule has 0 aliphatic rings. The minimum atomic E-state index is 0.637. The standard InChI is InChI=1S/C19H19Cl3N2/c1-11-9-12(20)10-14-13(5-2-3-8-23)19(24-18(11)14)17-15(21)6-4-7-16(17)22/h4,6-7,9-10,24H,2-3,5,8,23H2,1H3. The fraction of sp³-hybridized carbons (Fsp3) is 0.263. The molecule has 0 radical (unpaired) electrons. The van der Waals surface area contributed by atoms with E-state index in [9.17, 15) is 0 Å². The molecule has 0 atom stereocenters. The summed E-state index contributed by atoms with van der Waals surface area (Å²) in [5.41, 5.74) is 10.8. The van der Waals surface area contributed by atoms with Crippen LogP contribution in [0, 0.1) is 6.92 Å². The predicted molar refractivity (Wildman–Crippen MR) is 105 cm³/mol. The molecule has 0 aliphatic heterocycles. The molecule has 0 saturated carbocycles. The molecule has 0 fully saturated rings. The maximum atomic E-state index is 6.45. The molecule has 126 valence electrons. The summed E-state index contributed by atoms with van der Waals surface area (Å²) < 4.78 is 0. The van der Waals surface area contributed by atoms with Crippen molar-refractivity contribution in [3.05, 3.63) is 56.5 Å². The van der Waals surface area contributed by atoms with Crippen molar-refractivity contribution >= 4 is 45.7 Å². The molecule has 0 spiro atoms. The van der Waals surface area contributed by atoms with Gasteiger partial charge in [0, 0.05) is 21.5 Å². The van der Waals surface area contributed by atoms with Crippen LogP contribution in [-0.2, 0) is 6.42 Å². The molecule has 1 heterocycles. The zero-order valence-electron chi connectivity index (χ0n) is 13.4. The Kier molecular flexibility index (Phi) is 5.41. The Hall–Kier alpha value is -1.19. The van der Waals surface area contributed by atoms with Crippen molar-refractivity contribution in [2.75, 3.05) is 6.54 Å². The van der Waals surface area contributed by atoms with Gasteiger partial charge in [-0.05, 0) is 68.1 Å². The van der Waals surface area contributed by atoms with E-state index < -0.39 is 0 Å². The lowest BCUT2D eigenvalue weighted by Gasteiger charge is -2.09. The van der Waals surface area contributed by atoms with Gasteiger partial charge in [0.25, 0.3) is 0 Å². The first-order valence-electron chi connectivity index (χ1n) is 7.98. The van der Waals surface area contributed by atoms with Crippen LogP contribution in [0.25, 0.3) is 22.2 Å². The first-order chi connectivity index (χ1) is 11.5. The molecule has 0 amide bonds. The molecule has 3 aromatic rings. The molecule has 3 N–H and O–H groups in total. The van der Waals surface area contributed by atoms with Crippen molar-refractivity contribution in [1.82, 2.24) is 4.98 Å². The van der Waals surface area contributed by atoms with Gasteiger partial charge in [-0.3, -0.25) is 0 Å². The number of halogens is 3. The van der Waals surface area contributed by atoms with Gasteiger partial charge >= 0.3 is 0 Å². The van der Waals surface area contributed by atoms with Gasteiger partial charge in [-0.25, -0.2) is 0 Å². The summed E-state index contributed by atoms with van der Waals surface area (Å²) in [7, 11) is 0. The van der Waals surface area contributed by atoms with Crippen LogP contribution in [0.15, 0.2) is 30.3 Å². The Labute approximate surface area is 156 Å². The average molecular weight is 382 g/mol. The topological polar surface area (TPSA) is 41.8 Å². The molecular formula is C19H19Cl3N2. The number of H-pyrrole nitrogens is 1. The number of nitrogens with two attached hydrogens (primary N) is 1. The summed E-state index contributed by atoms with van der Waals surface area (Å²) in [5.74, 6) is 0. The number of aromatic amines is 1. The summed E-state index contributed by atoms with van der Waals surface area (Å²) in [5, 5.41) is 3.13. The van der Waals surface area contributed by atoms with E-state index in [1.54, 1.807) is 0 Å². The summed E-state index contributed by atoms with van der Waals surface area (Å²) >= 11 is 19.2. The van der Waals surface area contributed by atoms with Crippen LogP contribution < -0.4 is 5.73 Å². The Balaban J connectivity index is 2.26. The second kappa shape index (κ2) is 7.37. The third-order valence-electron chi connectivity index (χ3n) is 4.27. The Morgan fingerprint density at radius 1 is 1.04 bits per heavy atom. The van der Waals surface area contributed by atoms with Crippen molar-refractivity contribution in [2.45, 2.75) is 26.2 Å². The summed E-state index contributed by atoms with van der Waals surface area (Å²) in [6, 6.07) is 9.54. The molecule has 24 heavy (non-hydrogen) atoms. The highest BCUT2D eigenvalue weighted by Gasteiger charge is 2.19. The molecule has 5 heteroatoms. The summed E-state index contributed by atoms with van der Waals surface area (Å²) in [4.78, 5) is 3.53. The first-order valence-corrected chi connectivity index (χ1v) is 9.11. The Bertz CT molecular complexity index is 864. The third kappa shape index (κ3) is 3.29. The molecule has 2 aromatic carbocycles. The molecule has 1 aromatic heterocycles. The lowest BCUT2D eigenvalue weighted by Crippen LogP contribution is -1.99. The molecule has 3 rings (SSSR count). The zero-order chi connectivity index (χ0) is 17.3. The van der Waals surface area contributed by atoms with Gasteiger partial charge in [0.2, 0.25) is 0 Å². The number of aryl methyl sites for hydroxylation is 2. The normalized spacial score (nSPS) is 11.4. The van der Waals surface area contributed by atoms with Crippen LogP contribution in [0.5, 0.6) is 0 Å². The second-order valence-corrected chi connectivity index (χ2v) is 7.22. The average Bonchev–Trinajstić information content (AvgIpc) is 2.86. The number of benzene rings is 2. The summed E-state index contributed by atoms with van der Waals surface area (Å²) in [6.07, 6.45) is 2.87. The minimum Gasteiger partial charge on any atom is -0.354 e. The van der Waals surface area contributed by atoms with E-state index in [-0.39, 0.29) is 0 Å². The second-order valence-electron chi connectivity index (χ2n) is 5.97. The van der Waals surface area contributed by atoms with E-state index in [4.69, 9.17) is 40.5 Å². The predicted octanol–water partition coefficient (Wildman–Crippen LogP) is 6.38. The van der Waals surface area contributed by atoms with Crippen molar-refractivity contribution in [3.8, 4) is 11.3 Å². The number of nitrogens with one attached hydrogen (secondary N) is 1. The minimum absolute atomic E-state index is 0.637. The van der Waals surface area contributed by atoms with E-state index >= 15 is 0 Å². The number of fused-ring (bicyclic) bond motifs is 1. The Morgan fingerprint density at radius 2 is 1.75 bits per heavy atom. The highest BCUT2D eigenvalue weighted by molar-refractivity contribution is 6.39. The van der Waals surface area contributed by atoms with Gasteiger partial charge in [0.05, 0.1) is 15.7 Å². The van der Waals surface area contributed by atoms with Crippen LogP contribution in [-0.4, -0.2) is 11.5 Å². The molecule has 2 nitrogen and oxygen atoms in total. The fourth-order valence-corrected chi connectivity index (χ4v) is 4.00. The van der Waals surface area contributed by atoms with E-state index in [0.29, 0.717) is 16.6 Å². The van der Waals surface area contributed by atoms with E-state index in [2.05, 4.69) is 4.98 Å². The van der Waals surface area contributed by atoms with Gasteiger partial charge < -0.3 is 10.7 Å². The molecule has 0 aliphatic carbocycles. The van der Waals surface area contributed by atoms with Crippen LogP contribution in [0.2, 0.25) is 15.1 Å². The van der Waals surface area contributed by atoms with Gasteiger partial charge in [0.1, 0.15) is 0 Å². The molecular weight excluding hydrogens is 363 g/mol. The zero-order valence-corrected chi connectivity index (χ0v) is 15.7.